The maximum absolute atomic E-state index is 10.6. The van der Waals surface area contributed by atoms with E-state index in [4.69, 9.17) is 42.1 Å². The zero-order valence-corrected chi connectivity index (χ0v) is 16.3. The zero-order valence-electron chi connectivity index (χ0n) is 14.8. The van der Waals surface area contributed by atoms with Crippen LogP contribution in [0, 0.1) is 0 Å². The summed E-state index contributed by atoms with van der Waals surface area (Å²) in [5.74, 6) is 0. The lowest BCUT2D eigenvalue weighted by Gasteiger charge is -2.40. The smallest absolute Gasteiger partial charge is 0.185 e. The molecule has 0 amide bonds. The van der Waals surface area contributed by atoms with Gasteiger partial charge >= 0.3 is 0 Å². The fourth-order valence-electron chi connectivity index (χ4n) is 3.33. The van der Waals surface area contributed by atoms with Gasteiger partial charge in [-0.3, -0.25) is 0 Å². The predicted octanol–water partition coefficient (Wildman–Crippen LogP) is 3.24. The van der Waals surface area contributed by atoms with Crippen molar-refractivity contribution in [3.8, 4) is 0 Å². The summed E-state index contributed by atoms with van der Waals surface area (Å²) in [6, 6.07) is 14.1. The summed E-state index contributed by atoms with van der Waals surface area (Å²) in [6.07, 6.45) is -5.32. The Morgan fingerprint density at radius 2 is 1.39 bits per heavy atom. The van der Waals surface area contributed by atoms with Crippen molar-refractivity contribution in [2.75, 3.05) is 13.2 Å². The molecule has 0 aromatic heterocycles. The first-order valence-electron chi connectivity index (χ1n) is 8.92. The van der Waals surface area contributed by atoms with Crippen LogP contribution < -0.4 is 0 Å². The highest BCUT2D eigenvalue weighted by Crippen LogP contribution is 2.35. The third kappa shape index (κ3) is 4.35. The minimum atomic E-state index is -1.08. The summed E-state index contributed by atoms with van der Waals surface area (Å²) in [5, 5.41) is 22.3. The second kappa shape index (κ2) is 8.65. The van der Waals surface area contributed by atoms with Crippen molar-refractivity contribution in [3.63, 3.8) is 0 Å². The van der Waals surface area contributed by atoms with Crippen LogP contribution in [-0.4, -0.2) is 47.8 Å². The Hall–Kier alpha value is -1.22. The maximum atomic E-state index is 10.6. The van der Waals surface area contributed by atoms with E-state index in [-0.39, 0.29) is 13.2 Å². The highest BCUT2D eigenvalue weighted by Gasteiger charge is 2.44. The minimum absolute atomic E-state index is 0.0436. The molecule has 2 unspecified atom stereocenters. The lowest BCUT2D eigenvalue weighted by Crippen LogP contribution is -2.54. The van der Waals surface area contributed by atoms with E-state index in [0.29, 0.717) is 21.2 Å². The van der Waals surface area contributed by atoms with Gasteiger partial charge in [0.1, 0.15) is 24.4 Å². The Balaban J connectivity index is 1.57. The van der Waals surface area contributed by atoms with E-state index in [9.17, 15) is 10.2 Å². The Morgan fingerprint density at radius 1 is 0.786 bits per heavy atom. The van der Waals surface area contributed by atoms with E-state index in [2.05, 4.69) is 0 Å². The fourth-order valence-corrected chi connectivity index (χ4v) is 3.73. The molecule has 2 aromatic carbocycles. The van der Waals surface area contributed by atoms with Crippen LogP contribution in [0.15, 0.2) is 48.5 Å². The van der Waals surface area contributed by atoms with E-state index in [0.717, 1.165) is 0 Å². The molecule has 2 bridgehead atoms. The molecule has 2 fully saturated rings. The van der Waals surface area contributed by atoms with E-state index in [1.165, 1.54) is 0 Å². The van der Waals surface area contributed by atoms with Crippen LogP contribution in [-0.2, 0) is 18.9 Å². The van der Waals surface area contributed by atoms with Gasteiger partial charge in [0.2, 0.25) is 0 Å². The third-order valence-corrected chi connectivity index (χ3v) is 5.22. The normalized spacial score (nSPS) is 33.6. The Bertz CT molecular complexity index is 819. The molecule has 2 aliphatic rings. The first-order chi connectivity index (χ1) is 13.5. The van der Waals surface area contributed by atoms with Gasteiger partial charge < -0.3 is 29.2 Å². The van der Waals surface area contributed by atoms with E-state index in [1.54, 1.807) is 42.5 Å². The highest BCUT2D eigenvalue weighted by molar-refractivity contribution is 6.30. The van der Waals surface area contributed by atoms with Gasteiger partial charge in [-0.05, 0) is 24.3 Å². The number of aliphatic hydroxyl groups is 2. The highest BCUT2D eigenvalue weighted by atomic mass is 35.5. The van der Waals surface area contributed by atoms with Crippen LogP contribution in [0.25, 0.3) is 0 Å². The summed E-state index contributed by atoms with van der Waals surface area (Å²) in [6.45, 7) is -0.0457. The van der Waals surface area contributed by atoms with Crippen LogP contribution in [0.5, 0.6) is 0 Å². The molecular formula is C20H20Cl2O6. The van der Waals surface area contributed by atoms with Crippen LogP contribution >= 0.6 is 23.2 Å². The summed E-state index contributed by atoms with van der Waals surface area (Å²) in [4.78, 5) is 0. The number of ether oxygens (including phenoxy) is 4. The van der Waals surface area contributed by atoms with Gasteiger partial charge in [0.05, 0.1) is 13.2 Å². The van der Waals surface area contributed by atoms with Gasteiger partial charge in [-0.1, -0.05) is 47.5 Å². The Kier molecular flexibility index (Phi) is 6.20. The van der Waals surface area contributed by atoms with Crippen molar-refractivity contribution >= 4 is 23.2 Å². The number of rotatable bonds is 2. The molecule has 2 heterocycles. The fraction of sp³-hybridized carbons (Fsp3) is 0.400. The summed E-state index contributed by atoms with van der Waals surface area (Å²) < 4.78 is 23.3. The number of hydrogen-bond donors (Lipinski definition) is 2. The molecule has 6 atom stereocenters. The first kappa shape index (κ1) is 20.1. The molecule has 0 saturated carbocycles. The van der Waals surface area contributed by atoms with Crippen molar-refractivity contribution in [2.24, 2.45) is 0 Å². The first-order valence-corrected chi connectivity index (χ1v) is 9.68. The van der Waals surface area contributed by atoms with E-state index in [1.807, 2.05) is 6.07 Å². The van der Waals surface area contributed by atoms with Gasteiger partial charge in [0, 0.05) is 21.2 Å². The molecule has 0 spiro atoms. The molecule has 2 aromatic rings. The Labute approximate surface area is 172 Å². The average molecular weight is 427 g/mol. The van der Waals surface area contributed by atoms with Crippen LogP contribution in [0.3, 0.4) is 0 Å². The van der Waals surface area contributed by atoms with Crippen molar-refractivity contribution in [1.29, 1.82) is 0 Å². The second-order valence-corrected chi connectivity index (χ2v) is 7.65. The van der Waals surface area contributed by atoms with Gasteiger partial charge in [-0.15, -0.1) is 0 Å². The second-order valence-electron chi connectivity index (χ2n) is 6.77. The number of halogens is 2. The molecule has 6 nitrogen and oxygen atoms in total. The SMILES string of the molecule is O[C@H]1[C@@H]2OC(c3cccc(Cl)c3)O[C@H]1COC(c1cccc(Cl)c1)OC[C@H]2O. The largest absolute Gasteiger partial charge is 0.388 e. The minimum Gasteiger partial charge on any atom is -0.388 e. The van der Waals surface area contributed by atoms with E-state index < -0.39 is 37.0 Å². The molecule has 2 N–H and O–H groups in total. The predicted molar refractivity (Wildman–Crippen MR) is 102 cm³/mol. The lowest BCUT2D eigenvalue weighted by molar-refractivity contribution is -0.308. The quantitative estimate of drug-likeness (QED) is 0.767. The van der Waals surface area contributed by atoms with Gasteiger partial charge in [-0.2, -0.15) is 0 Å². The molecule has 0 radical (unpaired) electrons. The summed E-state index contributed by atoms with van der Waals surface area (Å²) in [7, 11) is 0. The number of fused-ring (bicyclic) bond motifs is 2. The molecule has 2 aliphatic heterocycles. The van der Waals surface area contributed by atoms with Crippen LogP contribution in [0.4, 0.5) is 0 Å². The van der Waals surface area contributed by atoms with Crippen molar-refractivity contribution < 1.29 is 29.2 Å². The molecule has 8 heteroatoms. The topological polar surface area (TPSA) is 77.4 Å². The number of hydrogen-bond acceptors (Lipinski definition) is 6. The average Bonchev–Trinajstić information content (AvgIpc) is 2.71. The van der Waals surface area contributed by atoms with Gasteiger partial charge in [0.15, 0.2) is 12.6 Å². The molecule has 150 valence electrons. The molecule has 28 heavy (non-hydrogen) atoms. The standard InChI is InChI=1S/C20H20Cl2O6/c21-13-5-1-3-11(7-13)19-25-9-15(23)18-17(24)16(10-26-19)27-20(28-18)12-4-2-6-14(22)8-12/h1-8,15-20,23-24H,9-10H2/t15-,16+,17-,18-,19?,20?/m1/s1. The van der Waals surface area contributed by atoms with Gasteiger partial charge in [0.25, 0.3) is 0 Å². The number of benzene rings is 2. The van der Waals surface area contributed by atoms with Crippen molar-refractivity contribution in [2.45, 2.75) is 37.0 Å². The van der Waals surface area contributed by atoms with Crippen molar-refractivity contribution in [1.82, 2.24) is 0 Å². The van der Waals surface area contributed by atoms with Gasteiger partial charge in [-0.25, -0.2) is 0 Å². The molecule has 4 rings (SSSR count). The molecular weight excluding hydrogens is 407 g/mol. The lowest BCUT2D eigenvalue weighted by atomic mass is 10.0. The van der Waals surface area contributed by atoms with Crippen LogP contribution in [0.1, 0.15) is 23.7 Å². The van der Waals surface area contributed by atoms with E-state index >= 15 is 0 Å². The zero-order chi connectivity index (χ0) is 19.7. The number of aliphatic hydroxyl groups excluding tert-OH is 2. The summed E-state index contributed by atoms with van der Waals surface area (Å²) >= 11 is 12.1. The molecule has 0 aliphatic carbocycles. The van der Waals surface area contributed by atoms with Crippen molar-refractivity contribution in [3.05, 3.63) is 69.7 Å². The maximum Gasteiger partial charge on any atom is 0.185 e. The Morgan fingerprint density at radius 3 is 2.04 bits per heavy atom. The third-order valence-electron chi connectivity index (χ3n) is 4.75. The van der Waals surface area contributed by atoms with Crippen LogP contribution in [0.2, 0.25) is 10.0 Å². The summed E-state index contributed by atoms with van der Waals surface area (Å²) in [5.41, 5.74) is 1.39. The monoisotopic (exact) mass is 426 g/mol. The molecule has 2 saturated heterocycles.